The van der Waals surface area contributed by atoms with Crippen molar-refractivity contribution in [3.63, 3.8) is 0 Å². The number of benzene rings is 2. The van der Waals surface area contributed by atoms with Crippen LogP contribution in [0.3, 0.4) is 0 Å². The van der Waals surface area contributed by atoms with E-state index in [9.17, 15) is 0 Å². The normalized spacial score (nSPS) is 7.25. The Bertz CT molecular complexity index is 420. The molecule has 0 radical (unpaired) electrons. The molecule has 16 heavy (non-hydrogen) atoms. The first-order chi connectivity index (χ1) is 7.79. The van der Waals surface area contributed by atoms with Gasteiger partial charge >= 0.3 is 0 Å². The van der Waals surface area contributed by atoms with Crippen molar-refractivity contribution in [3.05, 3.63) is 48.5 Å². The van der Waals surface area contributed by atoms with Crippen LogP contribution < -0.4 is 0 Å². The maximum Gasteiger partial charge on any atom is 0.0554 e. The van der Waals surface area contributed by atoms with E-state index in [1.54, 1.807) is 10.3 Å². The van der Waals surface area contributed by atoms with Crippen LogP contribution in [0.4, 0.5) is 0 Å². The fraction of sp³-hybridized carbons (Fsp3) is 0. The highest BCUT2D eigenvalue weighted by molar-refractivity contribution is 7.78. The van der Waals surface area contributed by atoms with Crippen molar-refractivity contribution < 1.29 is 0 Å². The van der Waals surface area contributed by atoms with Gasteiger partial charge in [-0.15, -0.1) is 0 Å². The average Bonchev–Trinajstić information content (AvgIpc) is 2.31. The molecule has 80 valence electrons. The standard InChI is InChI=1S/C10H8.2CHNS/c1-2-6-10-8-4-3-7-9(10)5-1;2*2-1-3/h1-8H;2*2H. The zero-order valence-corrected chi connectivity index (χ0v) is 10.1. The van der Waals surface area contributed by atoms with Crippen molar-refractivity contribution in [2.75, 3.05) is 0 Å². The number of fused-ring (bicyclic) bond motifs is 1. The number of rotatable bonds is 0. The zero-order chi connectivity index (χ0) is 12.2. The SMILES string of the molecule is N=C=S.N=C=S.c1ccc2ccccc2c1. The fourth-order valence-corrected chi connectivity index (χ4v) is 1.13. The molecule has 0 amide bonds. The third-order valence-electron chi connectivity index (χ3n) is 1.66. The first kappa shape index (κ1) is 14.3. The summed E-state index contributed by atoms with van der Waals surface area (Å²) >= 11 is 7.62. The molecule has 2 N–H and O–H groups in total. The Hall–Kier alpha value is -1.70. The van der Waals surface area contributed by atoms with E-state index in [-0.39, 0.29) is 0 Å². The topological polar surface area (TPSA) is 47.7 Å². The lowest BCUT2D eigenvalue weighted by Gasteiger charge is -1.92. The van der Waals surface area contributed by atoms with E-state index in [2.05, 4.69) is 73.0 Å². The number of hydrogen-bond acceptors (Lipinski definition) is 4. The van der Waals surface area contributed by atoms with Gasteiger partial charge in [-0.25, -0.2) is 10.8 Å². The average molecular weight is 246 g/mol. The van der Waals surface area contributed by atoms with Gasteiger partial charge in [0, 0.05) is 0 Å². The molecule has 0 aliphatic carbocycles. The van der Waals surface area contributed by atoms with Crippen LogP contribution in [0.1, 0.15) is 0 Å². The maximum atomic E-state index is 5.77. The van der Waals surface area contributed by atoms with Crippen LogP contribution >= 0.6 is 24.4 Å². The summed E-state index contributed by atoms with van der Waals surface area (Å²) in [5.41, 5.74) is 0. The van der Waals surface area contributed by atoms with E-state index in [0.29, 0.717) is 0 Å². The largest absolute Gasteiger partial charge is 0.248 e. The van der Waals surface area contributed by atoms with Crippen LogP contribution in [0.15, 0.2) is 48.5 Å². The minimum atomic E-state index is 1.31. The molecule has 0 aliphatic heterocycles. The summed E-state index contributed by atoms with van der Waals surface area (Å²) in [7, 11) is 0. The Morgan fingerprint density at radius 3 is 1.06 bits per heavy atom. The van der Waals surface area contributed by atoms with Gasteiger partial charge in [0.2, 0.25) is 0 Å². The molecule has 4 heteroatoms. The van der Waals surface area contributed by atoms with Gasteiger partial charge in [0.25, 0.3) is 0 Å². The third-order valence-corrected chi connectivity index (χ3v) is 1.66. The molecule has 0 saturated heterocycles. The van der Waals surface area contributed by atoms with E-state index in [1.807, 2.05) is 0 Å². The predicted octanol–water partition coefficient (Wildman–Crippen LogP) is 4.18. The minimum absolute atomic E-state index is 1.31. The number of hydrogen-bond donors (Lipinski definition) is 2. The molecule has 2 nitrogen and oxygen atoms in total. The maximum absolute atomic E-state index is 5.77. The summed E-state index contributed by atoms with van der Waals surface area (Å²) in [5.74, 6) is 0. The Labute approximate surface area is 105 Å². The zero-order valence-electron chi connectivity index (χ0n) is 8.44. The number of thiocarbonyl (C=S) groups is 2. The lowest BCUT2D eigenvalue weighted by atomic mass is 10.1. The summed E-state index contributed by atoms with van der Waals surface area (Å²) in [5, 5.41) is 17.3. The van der Waals surface area contributed by atoms with Gasteiger partial charge in [-0.05, 0) is 35.2 Å². The summed E-state index contributed by atoms with van der Waals surface area (Å²) in [6.45, 7) is 0. The highest BCUT2D eigenvalue weighted by Crippen LogP contribution is 2.11. The van der Waals surface area contributed by atoms with Crippen LogP contribution in [0.5, 0.6) is 0 Å². The number of isothiocyanates is 2. The van der Waals surface area contributed by atoms with Crippen molar-refractivity contribution >= 4 is 45.5 Å². The summed E-state index contributed by atoms with van der Waals surface area (Å²) in [4.78, 5) is 0. The third kappa shape index (κ3) is 5.91. The second-order valence-electron chi connectivity index (χ2n) is 2.55. The predicted molar refractivity (Wildman–Crippen MR) is 74.6 cm³/mol. The molecular weight excluding hydrogens is 236 g/mol. The lowest BCUT2D eigenvalue weighted by molar-refractivity contribution is 1.61. The molecule has 0 bridgehead atoms. The van der Waals surface area contributed by atoms with Gasteiger partial charge in [-0.1, -0.05) is 48.5 Å². The molecule has 0 spiro atoms. The summed E-state index contributed by atoms with van der Waals surface area (Å²) in [6, 6.07) is 16.7. The molecule has 2 rings (SSSR count). The van der Waals surface area contributed by atoms with Gasteiger partial charge in [-0.2, -0.15) is 0 Å². The highest BCUT2D eigenvalue weighted by Gasteiger charge is 1.85. The van der Waals surface area contributed by atoms with E-state index < -0.39 is 0 Å². The molecule has 2 aromatic rings. The van der Waals surface area contributed by atoms with E-state index in [4.69, 9.17) is 10.8 Å². The molecule has 0 aromatic heterocycles. The first-order valence-corrected chi connectivity index (χ1v) is 5.13. The van der Waals surface area contributed by atoms with Crippen LogP contribution in [0.2, 0.25) is 0 Å². The van der Waals surface area contributed by atoms with Crippen molar-refractivity contribution in [2.45, 2.75) is 0 Å². The van der Waals surface area contributed by atoms with Crippen molar-refractivity contribution in [3.8, 4) is 0 Å². The van der Waals surface area contributed by atoms with Crippen LogP contribution in [0.25, 0.3) is 10.8 Å². The van der Waals surface area contributed by atoms with Gasteiger partial charge in [0.05, 0.1) is 10.3 Å². The quantitative estimate of drug-likeness (QED) is 0.541. The summed E-state index contributed by atoms with van der Waals surface area (Å²) in [6.07, 6.45) is 0. The molecular formula is C12H10N2S2. The van der Waals surface area contributed by atoms with E-state index in [1.165, 1.54) is 10.8 Å². The molecule has 0 saturated carbocycles. The smallest absolute Gasteiger partial charge is 0.0554 e. The Morgan fingerprint density at radius 1 is 0.688 bits per heavy atom. The van der Waals surface area contributed by atoms with Gasteiger partial charge < -0.3 is 0 Å². The van der Waals surface area contributed by atoms with Crippen LogP contribution in [-0.2, 0) is 0 Å². The Balaban J connectivity index is 0.000000321. The van der Waals surface area contributed by atoms with Gasteiger partial charge in [-0.3, -0.25) is 0 Å². The molecule has 0 fully saturated rings. The second-order valence-corrected chi connectivity index (χ2v) is 2.96. The van der Waals surface area contributed by atoms with Crippen molar-refractivity contribution in [2.24, 2.45) is 0 Å². The Kier molecular flexibility index (Phi) is 8.79. The molecule has 0 unspecified atom stereocenters. The molecule has 0 aliphatic rings. The van der Waals surface area contributed by atoms with Gasteiger partial charge in [0.1, 0.15) is 0 Å². The van der Waals surface area contributed by atoms with Crippen LogP contribution in [-0.4, -0.2) is 10.3 Å². The Morgan fingerprint density at radius 2 is 0.875 bits per heavy atom. The second kappa shape index (κ2) is 9.84. The molecule has 0 heterocycles. The molecule has 0 atom stereocenters. The van der Waals surface area contributed by atoms with Crippen molar-refractivity contribution in [1.82, 2.24) is 0 Å². The van der Waals surface area contributed by atoms with Crippen LogP contribution in [0, 0.1) is 10.8 Å². The first-order valence-electron chi connectivity index (χ1n) is 4.31. The van der Waals surface area contributed by atoms with E-state index in [0.717, 1.165) is 0 Å². The molecule has 2 aromatic carbocycles. The monoisotopic (exact) mass is 246 g/mol. The van der Waals surface area contributed by atoms with Gasteiger partial charge in [0.15, 0.2) is 0 Å². The van der Waals surface area contributed by atoms with Crippen molar-refractivity contribution in [1.29, 1.82) is 10.8 Å². The summed E-state index contributed by atoms with van der Waals surface area (Å²) < 4.78 is 0. The lowest BCUT2D eigenvalue weighted by Crippen LogP contribution is -1.67. The minimum Gasteiger partial charge on any atom is -0.248 e. The highest BCUT2D eigenvalue weighted by atomic mass is 32.1. The van der Waals surface area contributed by atoms with E-state index >= 15 is 0 Å². The fourth-order valence-electron chi connectivity index (χ4n) is 1.13. The number of nitrogens with one attached hydrogen (secondary N) is 2.